The summed E-state index contributed by atoms with van der Waals surface area (Å²) in [5, 5.41) is 3.54. The minimum atomic E-state index is -0.0463. The number of nitrogens with one attached hydrogen (secondary N) is 1. The van der Waals surface area contributed by atoms with Crippen molar-refractivity contribution in [2.45, 2.75) is 72.1 Å². The lowest BCUT2D eigenvalue weighted by molar-refractivity contribution is -0.134. The fraction of sp³-hybridized carbons (Fsp3) is 0.938. The van der Waals surface area contributed by atoms with Crippen molar-refractivity contribution < 1.29 is 9.53 Å². The number of hydrogen-bond donors (Lipinski definition) is 1. The number of methoxy groups -OCH3 is 1. The van der Waals surface area contributed by atoms with Crippen LogP contribution in [-0.2, 0) is 9.53 Å². The van der Waals surface area contributed by atoms with Gasteiger partial charge in [-0.1, -0.05) is 41.0 Å². The van der Waals surface area contributed by atoms with E-state index >= 15 is 0 Å². The van der Waals surface area contributed by atoms with Gasteiger partial charge in [0.1, 0.15) is 0 Å². The van der Waals surface area contributed by atoms with E-state index < -0.39 is 0 Å². The van der Waals surface area contributed by atoms with Gasteiger partial charge in [-0.25, -0.2) is 0 Å². The van der Waals surface area contributed by atoms with E-state index in [1.807, 2.05) is 0 Å². The van der Waals surface area contributed by atoms with Crippen LogP contribution >= 0.6 is 0 Å². The van der Waals surface area contributed by atoms with Crippen LogP contribution in [0.2, 0.25) is 0 Å². The van der Waals surface area contributed by atoms with Crippen molar-refractivity contribution in [3.05, 3.63) is 0 Å². The Morgan fingerprint density at radius 1 is 1.30 bits per heavy atom. The molecule has 0 aromatic carbocycles. The first-order valence-electron chi connectivity index (χ1n) is 7.99. The van der Waals surface area contributed by atoms with E-state index in [1.54, 1.807) is 7.11 Å². The number of rotatable bonds is 8. The van der Waals surface area contributed by atoms with Crippen LogP contribution < -0.4 is 5.32 Å². The molecule has 1 fully saturated rings. The molecule has 1 aliphatic heterocycles. The molecule has 4 heteroatoms. The van der Waals surface area contributed by atoms with Crippen molar-refractivity contribution in [2.75, 3.05) is 13.7 Å². The summed E-state index contributed by atoms with van der Waals surface area (Å²) >= 11 is 0. The predicted octanol–water partition coefficient (Wildman–Crippen LogP) is 2.63. The topological polar surface area (TPSA) is 41.6 Å². The Labute approximate surface area is 124 Å². The maximum Gasteiger partial charge on any atom is 0.241 e. The second-order valence-corrected chi connectivity index (χ2v) is 6.68. The first-order valence-corrected chi connectivity index (χ1v) is 7.99. The average molecular weight is 284 g/mol. The summed E-state index contributed by atoms with van der Waals surface area (Å²) in [5.74, 6) is 1.15. The van der Waals surface area contributed by atoms with E-state index in [-0.39, 0.29) is 24.2 Å². The number of amides is 1. The standard InChI is InChI=1S/C16H32N2O2/c1-7-8-13(10-20-6)18-14(9-11(2)3)17-15(12(4)5)16(18)19/h11-15,17H,7-10H2,1-6H3. The first-order chi connectivity index (χ1) is 9.42. The van der Waals surface area contributed by atoms with E-state index in [1.165, 1.54) is 0 Å². The van der Waals surface area contributed by atoms with Gasteiger partial charge in [-0.2, -0.15) is 0 Å². The second-order valence-electron chi connectivity index (χ2n) is 6.68. The molecule has 0 aromatic rings. The molecule has 1 saturated heterocycles. The van der Waals surface area contributed by atoms with Crippen LogP contribution in [-0.4, -0.2) is 42.8 Å². The molecular formula is C16H32N2O2. The van der Waals surface area contributed by atoms with Gasteiger partial charge in [0.15, 0.2) is 0 Å². The van der Waals surface area contributed by atoms with Gasteiger partial charge in [0.25, 0.3) is 0 Å². The van der Waals surface area contributed by atoms with Crippen molar-refractivity contribution in [1.29, 1.82) is 0 Å². The summed E-state index contributed by atoms with van der Waals surface area (Å²) in [5.41, 5.74) is 0. The summed E-state index contributed by atoms with van der Waals surface area (Å²) in [6.45, 7) is 11.4. The van der Waals surface area contributed by atoms with Gasteiger partial charge < -0.3 is 9.64 Å². The van der Waals surface area contributed by atoms with Crippen LogP contribution in [0.5, 0.6) is 0 Å². The maximum absolute atomic E-state index is 12.7. The molecule has 0 aromatic heterocycles. The molecule has 1 aliphatic rings. The Morgan fingerprint density at radius 3 is 2.40 bits per heavy atom. The lowest BCUT2D eigenvalue weighted by atomic mass is 10.0. The van der Waals surface area contributed by atoms with Crippen molar-refractivity contribution in [3.8, 4) is 0 Å². The SMILES string of the molecule is CCCC(COC)N1C(=O)C(C(C)C)NC1CC(C)C. The van der Waals surface area contributed by atoms with Crippen LogP contribution in [0.1, 0.15) is 53.9 Å². The van der Waals surface area contributed by atoms with E-state index in [9.17, 15) is 4.79 Å². The van der Waals surface area contributed by atoms with Crippen LogP contribution in [0, 0.1) is 11.8 Å². The molecule has 1 N–H and O–H groups in total. The predicted molar refractivity (Wildman–Crippen MR) is 82.4 cm³/mol. The minimum Gasteiger partial charge on any atom is -0.383 e. The van der Waals surface area contributed by atoms with Crippen molar-refractivity contribution in [3.63, 3.8) is 0 Å². The molecule has 3 unspecified atom stereocenters. The van der Waals surface area contributed by atoms with Gasteiger partial charge in [0.2, 0.25) is 5.91 Å². The summed E-state index contributed by atoms with van der Waals surface area (Å²) in [4.78, 5) is 14.8. The Kier molecular flexibility index (Phi) is 6.96. The van der Waals surface area contributed by atoms with Crippen LogP contribution in [0.4, 0.5) is 0 Å². The third-order valence-corrected chi connectivity index (χ3v) is 3.96. The smallest absolute Gasteiger partial charge is 0.241 e. The van der Waals surface area contributed by atoms with E-state index in [4.69, 9.17) is 4.74 Å². The highest BCUT2D eigenvalue weighted by Gasteiger charge is 2.43. The van der Waals surface area contributed by atoms with E-state index in [0.29, 0.717) is 18.4 Å². The Bertz CT molecular complexity index is 299. The summed E-state index contributed by atoms with van der Waals surface area (Å²) in [6.07, 6.45) is 3.22. The van der Waals surface area contributed by atoms with Crippen molar-refractivity contribution >= 4 is 5.91 Å². The molecule has 118 valence electrons. The van der Waals surface area contributed by atoms with Gasteiger partial charge in [-0.05, 0) is 24.7 Å². The summed E-state index contributed by atoms with van der Waals surface area (Å²) < 4.78 is 5.34. The number of carbonyl (C=O) groups is 1. The summed E-state index contributed by atoms with van der Waals surface area (Å²) in [6, 6.07) is 0.146. The molecule has 0 radical (unpaired) electrons. The van der Waals surface area contributed by atoms with E-state index in [0.717, 1.165) is 19.3 Å². The Hall–Kier alpha value is -0.610. The summed E-state index contributed by atoms with van der Waals surface area (Å²) in [7, 11) is 1.72. The second kappa shape index (κ2) is 7.99. The number of carbonyl (C=O) groups excluding carboxylic acids is 1. The normalized spacial score (nSPS) is 25.0. The molecule has 1 amide bonds. The van der Waals surface area contributed by atoms with Gasteiger partial charge in [-0.3, -0.25) is 10.1 Å². The molecular weight excluding hydrogens is 252 g/mol. The zero-order chi connectivity index (χ0) is 15.3. The molecule has 1 rings (SSSR count). The Balaban J connectivity index is 2.91. The maximum atomic E-state index is 12.7. The zero-order valence-corrected chi connectivity index (χ0v) is 14.0. The minimum absolute atomic E-state index is 0.0463. The highest BCUT2D eigenvalue weighted by atomic mass is 16.5. The zero-order valence-electron chi connectivity index (χ0n) is 14.0. The highest BCUT2D eigenvalue weighted by Crippen LogP contribution is 2.25. The molecule has 0 spiro atoms. The molecule has 3 atom stereocenters. The molecule has 1 heterocycles. The molecule has 0 aliphatic carbocycles. The molecule has 0 saturated carbocycles. The van der Waals surface area contributed by atoms with Gasteiger partial charge in [-0.15, -0.1) is 0 Å². The third-order valence-electron chi connectivity index (χ3n) is 3.96. The fourth-order valence-corrected chi connectivity index (χ4v) is 3.04. The van der Waals surface area contributed by atoms with Crippen molar-refractivity contribution in [1.82, 2.24) is 10.2 Å². The number of hydrogen-bond acceptors (Lipinski definition) is 3. The lowest BCUT2D eigenvalue weighted by Crippen LogP contribution is -2.47. The van der Waals surface area contributed by atoms with Crippen LogP contribution in [0.25, 0.3) is 0 Å². The number of nitrogens with zero attached hydrogens (tertiary/aromatic N) is 1. The number of ether oxygens (including phenoxy) is 1. The molecule has 4 nitrogen and oxygen atoms in total. The lowest BCUT2D eigenvalue weighted by Gasteiger charge is -2.33. The highest BCUT2D eigenvalue weighted by molar-refractivity contribution is 5.85. The Morgan fingerprint density at radius 2 is 1.95 bits per heavy atom. The van der Waals surface area contributed by atoms with Crippen LogP contribution in [0.15, 0.2) is 0 Å². The van der Waals surface area contributed by atoms with Crippen molar-refractivity contribution in [2.24, 2.45) is 11.8 Å². The van der Waals surface area contributed by atoms with Gasteiger partial charge in [0, 0.05) is 7.11 Å². The van der Waals surface area contributed by atoms with E-state index in [2.05, 4.69) is 44.8 Å². The monoisotopic (exact) mass is 284 g/mol. The molecule has 0 bridgehead atoms. The van der Waals surface area contributed by atoms with Gasteiger partial charge >= 0.3 is 0 Å². The largest absolute Gasteiger partial charge is 0.383 e. The average Bonchev–Trinajstić information content (AvgIpc) is 2.65. The van der Waals surface area contributed by atoms with Gasteiger partial charge in [0.05, 0.1) is 24.9 Å². The quantitative estimate of drug-likeness (QED) is 0.745. The van der Waals surface area contributed by atoms with Crippen LogP contribution in [0.3, 0.4) is 0 Å². The molecule has 20 heavy (non-hydrogen) atoms. The first kappa shape index (κ1) is 17.4. The fourth-order valence-electron chi connectivity index (χ4n) is 3.04. The third kappa shape index (κ3) is 4.19.